The molecule has 2 aromatic carbocycles. The smallest absolute Gasteiger partial charge is 0.191 e. The van der Waals surface area contributed by atoms with Gasteiger partial charge in [0.2, 0.25) is 0 Å². The van der Waals surface area contributed by atoms with E-state index in [0.717, 1.165) is 17.7 Å². The van der Waals surface area contributed by atoms with E-state index in [4.69, 9.17) is 4.74 Å². The van der Waals surface area contributed by atoms with Crippen molar-refractivity contribution in [3.05, 3.63) is 59.4 Å². The fraction of sp³-hybridized carbons (Fsp3) is 0.316. The molecule has 0 aliphatic heterocycles. The van der Waals surface area contributed by atoms with Crippen LogP contribution in [0.4, 0.5) is 4.39 Å². The normalized spacial score (nSPS) is 10.8. The van der Waals surface area contributed by atoms with Gasteiger partial charge < -0.3 is 20.5 Å². The first-order chi connectivity index (χ1) is 12.1. The van der Waals surface area contributed by atoms with Crippen LogP contribution in [0.15, 0.2) is 47.5 Å². The summed E-state index contributed by atoms with van der Waals surface area (Å²) in [7, 11) is 1.53. The molecule has 26 heavy (non-hydrogen) atoms. The first-order valence-electron chi connectivity index (χ1n) is 8.25. The van der Waals surface area contributed by atoms with Gasteiger partial charge in [-0.1, -0.05) is 24.3 Å². The van der Waals surface area contributed by atoms with E-state index in [0.29, 0.717) is 31.2 Å². The van der Waals surface area contributed by atoms with Crippen LogP contribution in [0.5, 0.6) is 11.5 Å². The highest BCUT2D eigenvalue weighted by Gasteiger charge is 2.07. The van der Waals surface area contributed by atoms with E-state index >= 15 is 0 Å². The number of guanidine groups is 1. The molecule has 2 aromatic rings. The van der Waals surface area contributed by atoms with Crippen LogP contribution in [-0.4, -0.2) is 31.3 Å². The lowest BCUT2D eigenvalue weighted by Gasteiger charge is -2.13. The Morgan fingerprint density at radius 2 is 1.88 bits per heavy atom. The average molecular weight is 473 g/mol. The van der Waals surface area contributed by atoms with Gasteiger partial charge in [0.15, 0.2) is 17.5 Å². The fourth-order valence-corrected chi connectivity index (χ4v) is 2.35. The van der Waals surface area contributed by atoms with Crippen molar-refractivity contribution >= 4 is 29.9 Å². The topological polar surface area (TPSA) is 65.9 Å². The summed E-state index contributed by atoms with van der Waals surface area (Å²) < 4.78 is 18.0. The van der Waals surface area contributed by atoms with Crippen molar-refractivity contribution in [2.24, 2.45) is 4.99 Å². The van der Waals surface area contributed by atoms with Crippen LogP contribution in [0.1, 0.15) is 18.1 Å². The van der Waals surface area contributed by atoms with Crippen molar-refractivity contribution < 1.29 is 14.2 Å². The number of hydrogen-bond acceptors (Lipinski definition) is 3. The highest BCUT2D eigenvalue weighted by molar-refractivity contribution is 14.0. The predicted molar refractivity (Wildman–Crippen MR) is 113 cm³/mol. The number of phenols is 1. The molecule has 0 saturated carbocycles. The number of aromatic hydroxyl groups is 1. The van der Waals surface area contributed by atoms with Crippen molar-refractivity contribution in [1.82, 2.24) is 10.6 Å². The summed E-state index contributed by atoms with van der Waals surface area (Å²) in [6.45, 7) is 3.79. The number of hydrogen-bond donors (Lipinski definition) is 3. The molecule has 0 aliphatic carbocycles. The molecule has 0 amide bonds. The van der Waals surface area contributed by atoms with E-state index in [1.54, 1.807) is 18.2 Å². The lowest BCUT2D eigenvalue weighted by molar-refractivity contribution is 0.370. The Bertz CT molecular complexity index is 708. The molecule has 7 heteroatoms. The minimum absolute atomic E-state index is 0. The molecule has 0 saturated heterocycles. The van der Waals surface area contributed by atoms with Crippen LogP contribution >= 0.6 is 24.0 Å². The molecular weight excluding hydrogens is 448 g/mol. The molecule has 0 bridgehead atoms. The Morgan fingerprint density at radius 3 is 2.54 bits per heavy atom. The summed E-state index contributed by atoms with van der Waals surface area (Å²) in [6.07, 6.45) is 0.629. The van der Waals surface area contributed by atoms with E-state index in [1.807, 2.05) is 19.1 Å². The van der Waals surface area contributed by atoms with Crippen LogP contribution in [0.25, 0.3) is 0 Å². The van der Waals surface area contributed by atoms with Crippen LogP contribution in [-0.2, 0) is 13.0 Å². The van der Waals surface area contributed by atoms with Gasteiger partial charge >= 0.3 is 0 Å². The van der Waals surface area contributed by atoms with Gasteiger partial charge in [0.05, 0.1) is 13.7 Å². The number of benzene rings is 2. The first-order valence-corrected chi connectivity index (χ1v) is 8.25. The number of rotatable bonds is 7. The standard InChI is InChI=1S/C19H24FN3O2.HI/c1-3-21-19(23-13-14-7-9-16(20)10-8-14)22-12-11-15-5-4-6-17(25-2)18(15)24;/h4-10,24H,3,11-13H2,1-2H3,(H2,21,22,23);1H. The summed E-state index contributed by atoms with van der Waals surface area (Å²) in [5, 5.41) is 16.5. The largest absolute Gasteiger partial charge is 0.504 e. The third-order valence-corrected chi connectivity index (χ3v) is 3.67. The zero-order chi connectivity index (χ0) is 18.1. The fourth-order valence-electron chi connectivity index (χ4n) is 2.35. The zero-order valence-corrected chi connectivity index (χ0v) is 17.3. The van der Waals surface area contributed by atoms with Crippen LogP contribution < -0.4 is 15.4 Å². The number of methoxy groups -OCH3 is 1. The number of halogens is 2. The molecule has 0 fully saturated rings. The molecule has 3 N–H and O–H groups in total. The second-order valence-electron chi connectivity index (χ2n) is 5.47. The van der Waals surface area contributed by atoms with Crippen LogP contribution in [0.2, 0.25) is 0 Å². The van der Waals surface area contributed by atoms with Gasteiger partial charge in [-0.2, -0.15) is 0 Å². The zero-order valence-electron chi connectivity index (χ0n) is 15.0. The Labute approximate surface area is 170 Å². The molecule has 5 nitrogen and oxygen atoms in total. The molecule has 0 spiro atoms. The summed E-state index contributed by atoms with van der Waals surface area (Å²) in [6, 6.07) is 11.7. The minimum Gasteiger partial charge on any atom is -0.504 e. The van der Waals surface area contributed by atoms with Gasteiger partial charge in [0.25, 0.3) is 0 Å². The van der Waals surface area contributed by atoms with E-state index in [1.165, 1.54) is 19.2 Å². The van der Waals surface area contributed by atoms with Crippen molar-refractivity contribution in [2.75, 3.05) is 20.2 Å². The number of aliphatic imine (C=N–C) groups is 1. The number of para-hydroxylation sites is 1. The van der Waals surface area contributed by atoms with Crippen molar-refractivity contribution in [2.45, 2.75) is 19.9 Å². The lowest BCUT2D eigenvalue weighted by Crippen LogP contribution is -2.38. The number of phenolic OH excluding ortho intramolecular Hbond substituents is 1. The Balaban J connectivity index is 0.00000338. The van der Waals surface area contributed by atoms with Crippen molar-refractivity contribution in [1.29, 1.82) is 0 Å². The van der Waals surface area contributed by atoms with Gasteiger partial charge in [-0.15, -0.1) is 24.0 Å². The quantitative estimate of drug-likeness (QED) is 0.328. The van der Waals surface area contributed by atoms with Gasteiger partial charge in [0, 0.05) is 13.1 Å². The van der Waals surface area contributed by atoms with Gasteiger partial charge in [0.1, 0.15) is 5.82 Å². The van der Waals surface area contributed by atoms with Gasteiger partial charge in [-0.25, -0.2) is 9.38 Å². The van der Waals surface area contributed by atoms with Gasteiger partial charge in [-0.3, -0.25) is 0 Å². The summed E-state index contributed by atoms with van der Waals surface area (Å²) >= 11 is 0. The van der Waals surface area contributed by atoms with Crippen molar-refractivity contribution in [3.8, 4) is 11.5 Å². The van der Waals surface area contributed by atoms with E-state index in [9.17, 15) is 9.50 Å². The monoisotopic (exact) mass is 473 g/mol. The van der Waals surface area contributed by atoms with Crippen LogP contribution in [0.3, 0.4) is 0 Å². The van der Waals surface area contributed by atoms with Crippen molar-refractivity contribution in [3.63, 3.8) is 0 Å². The number of nitrogens with zero attached hydrogens (tertiary/aromatic N) is 1. The van der Waals surface area contributed by atoms with Gasteiger partial charge in [-0.05, 0) is 42.7 Å². The molecule has 0 atom stereocenters. The van der Waals surface area contributed by atoms with Crippen LogP contribution in [0, 0.1) is 5.82 Å². The molecule has 142 valence electrons. The highest BCUT2D eigenvalue weighted by atomic mass is 127. The number of nitrogens with one attached hydrogen (secondary N) is 2. The molecule has 0 unspecified atom stereocenters. The molecule has 2 rings (SSSR count). The third-order valence-electron chi connectivity index (χ3n) is 3.67. The molecule has 0 radical (unpaired) electrons. The summed E-state index contributed by atoms with van der Waals surface area (Å²) in [5.74, 6) is 1.06. The Hall–Kier alpha value is -2.03. The highest BCUT2D eigenvalue weighted by Crippen LogP contribution is 2.29. The van der Waals surface area contributed by atoms with E-state index < -0.39 is 0 Å². The van der Waals surface area contributed by atoms with E-state index in [2.05, 4.69) is 15.6 Å². The Kier molecular flexibility index (Phi) is 9.79. The maximum absolute atomic E-state index is 12.9. The second-order valence-corrected chi connectivity index (χ2v) is 5.47. The number of ether oxygens (including phenoxy) is 1. The molecule has 0 heterocycles. The maximum atomic E-state index is 12.9. The van der Waals surface area contributed by atoms with E-state index in [-0.39, 0.29) is 35.5 Å². The predicted octanol–water partition coefficient (Wildman–Crippen LogP) is 3.46. The molecular formula is C19H25FIN3O2. The maximum Gasteiger partial charge on any atom is 0.191 e. The molecule has 0 aliphatic rings. The average Bonchev–Trinajstić information content (AvgIpc) is 2.62. The summed E-state index contributed by atoms with van der Waals surface area (Å²) in [4.78, 5) is 4.49. The third kappa shape index (κ3) is 6.70. The lowest BCUT2D eigenvalue weighted by atomic mass is 10.1. The summed E-state index contributed by atoms with van der Waals surface area (Å²) in [5.41, 5.74) is 1.74. The minimum atomic E-state index is -0.254. The Morgan fingerprint density at radius 1 is 1.15 bits per heavy atom. The SMILES string of the molecule is CCNC(=NCc1ccc(F)cc1)NCCc1cccc(OC)c1O.I. The second kappa shape index (κ2) is 11.6. The first kappa shape index (κ1) is 22.0. The molecule has 0 aromatic heterocycles.